The maximum absolute atomic E-state index is 5.51. The Kier molecular flexibility index (Phi) is 5.17. The molecule has 21 heavy (non-hydrogen) atoms. The van der Waals surface area contributed by atoms with Gasteiger partial charge in [-0.2, -0.15) is 15.0 Å². The average Bonchev–Trinajstić information content (AvgIpc) is 2.98. The highest BCUT2D eigenvalue weighted by molar-refractivity contribution is 5.45. The van der Waals surface area contributed by atoms with Crippen molar-refractivity contribution >= 4 is 17.8 Å². The van der Waals surface area contributed by atoms with Crippen molar-refractivity contribution in [2.75, 3.05) is 41.4 Å². The minimum atomic E-state index is 0.426. The third-order valence-corrected chi connectivity index (χ3v) is 4.24. The van der Waals surface area contributed by atoms with Crippen molar-refractivity contribution in [1.82, 2.24) is 15.0 Å². The fraction of sp³-hybridized carbons (Fsp3) is 0.786. The molecule has 1 unspecified atom stereocenters. The molecule has 0 bridgehead atoms. The van der Waals surface area contributed by atoms with Gasteiger partial charge in [0.15, 0.2) is 0 Å². The highest BCUT2D eigenvalue weighted by Crippen LogP contribution is 2.27. The Morgan fingerprint density at radius 3 is 2.52 bits per heavy atom. The Morgan fingerprint density at radius 1 is 1.29 bits per heavy atom. The second-order valence-corrected chi connectivity index (χ2v) is 5.81. The zero-order valence-electron chi connectivity index (χ0n) is 13.5. The van der Waals surface area contributed by atoms with E-state index >= 15 is 0 Å². The van der Waals surface area contributed by atoms with Crippen LogP contribution in [0.5, 0.6) is 0 Å². The largest absolute Gasteiger partial charge is 0.341 e. The van der Waals surface area contributed by atoms with Crippen LogP contribution >= 0.6 is 0 Å². The Hall–Kier alpha value is -1.63. The molecule has 7 heteroatoms. The smallest absolute Gasteiger partial charge is 0.243 e. The summed E-state index contributed by atoms with van der Waals surface area (Å²) in [5, 5.41) is 0. The summed E-state index contributed by atoms with van der Waals surface area (Å²) in [5.74, 6) is 8.73. The van der Waals surface area contributed by atoms with Gasteiger partial charge in [-0.15, -0.1) is 0 Å². The van der Waals surface area contributed by atoms with E-state index in [-0.39, 0.29) is 0 Å². The summed E-state index contributed by atoms with van der Waals surface area (Å²) in [7, 11) is 0. The van der Waals surface area contributed by atoms with Crippen molar-refractivity contribution in [3.63, 3.8) is 0 Å². The van der Waals surface area contributed by atoms with E-state index in [4.69, 9.17) is 5.84 Å². The summed E-state index contributed by atoms with van der Waals surface area (Å²) in [6.45, 7) is 12.4. The van der Waals surface area contributed by atoms with Crippen molar-refractivity contribution < 1.29 is 0 Å². The first-order valence-electron chi connectivity index (χ1n) is 7.81. The summed E-state index contributed by atoms with van der Waals surface area (Å²) in [6.07, 6.45) is 1.19. The molecular formula is C14H27N7. The van der Waals surface area contributed by atoms with Crippen molar-refractivity contribution in [2.45, 2.75) is 34.1 Å². The lowest BCUT2D eigenvalue weighted by Crippen LogP contribution is -2.29. The van der Waals surface area contributed by atoms with Crippen LogP contribution < -0.4 is 21.1 Å². The summed E-state index contributed by atoms with van der Waals surface area (Å²) in [4.78, 5) is 17.7. The van der Waals surface area contributed by atoms with Crippen LogP contribution in [-0.2, 0) is 0 Å². The molecule has 118 valence electrons. The van der Waals surface area contributed by atoms with Gasteiger partial charge < -0.3 is 9.80 Å². The molecule has 0 radical (unpaired) electrons. The number of nitrogen functional groups attached to an aromatic ring is 1. The van der Waals surface area contributed by atoms with Gasteiger partial charge in [-0.1, -0.05) is 13.8 Å². The molecule has 3 N–H and O–H groups in total. The molecule has 0 spiro atoms. The number of hydrogen-bond donors (Lipinski definition) is 2. The number of hydrazine groups is 1. The second-order valence-electron chi connectivity index (χ2n) is 5.81. The van der Waals surface area contributed by atoms with Crippen LogP contribution in [0.1, 0.15) is 34.1 Å². The van der Waals surface area contributed by atoms with Crippen LogP contribution in [0.25, 0.3) is 0 Å². The molecule has 0 saturated carbocycles. The highest BCUT2D eigenvalue weighted by Gasteiger charge is 2.27. The van der Waals surface area contributed by atoms with E-state index in [1.165, 1.54) is 6.42 Å². The number of nitrogens with two attached hydrogens (primary N) is 1. The number of nitrogens with zero attached hydrogens (tertiary/aromatic N) is 5. The number of anilines is 3. The monoisotopic (exact) mass is 293 g/mol. The van der Waals surface area contributed by atoms with E-state index in [9.17, 15) is 0 Å². The molecule has 1 aliphatic heterocycles. The molecule has 7 nitrogen and oxygen atoms in total. The Labute approximate surface area is 126 Å². The molecule has 0 aliphatic carbocycles. The average molecular weight is 293 g/mol. The van der Waals surface area contributed by atoms with Gasteiger partial charge in [-0.3, -0.25) is 5.43 Å². The predicted molar refractivity (Wildman–Crippen MR) is 86.4 cm³/mol. The lowest BCUT2D eigenvalue weighted by atomic mass is 9.95. The van der Waals surface area contributed by atoms with Crippen molar-refractivity contribution in [1.29, 1.82) is 0 Å². The highest BCUT2D eigenvalue weighted by atomic mass is 15.4. The fourth-order valence-corrected chi connectivity index (χ4v) is 2.72. The fourth-order valence-electron chi connectivity index (χ4n) is 2.72. The molecule has 1 fully saturated rings. The van der Waals surface area contributed by atoms with Gasteiger partial charge in [0.25, 0.3) is 0 Å². The van der Waals surface area contributed by atoms with Crippen molar-refractivity contribution in [3.05, 3.63) is 0 Å². The van der Waals surface area contributed by atoms with Gasteiger partial charge in [0.05, 0.1) is 0 Å². The quantitative estimate of drug-likeness (QED) is 0.607. The summed E-state index contributed by atoms with van der Waals surface area (Å²) in [5.41, 5.74) is 2.55. The van der Waals surface area contributed by atoms with E-state index in [2.05, 4.69) is 57.9 Å². The van der Waals surface area contributed by atoms with Crippen LogP contribution in [0.4, 0.5) is 17.8 Å². The Balaban J connectivity index is 2.25. The topological polar surface area (TPSA) is 83.2 Å². The summed E-state index contributed by atoms with van der Waals surface area (Å²) in [6, 6.07) is 0. The van der Waals surface area contributed by atoms with Crippen molar-refractivity contribution in [3.8, 4) is 0 Å². The third kappa shape index (κ3) is 3.53. The van der Waals surface area contributed by atoms with Gasteiger partial charge in [0, 0.05) is 26.2 Å². The summed E-state index contributed by atoms with van der Waals surface area (Å²) < 4.78 is 0. The standard InChI is InChI=1S/C14H27N7/c1-5-20(6-2)13-16-12(19-15)17-14(18-13)21-8-7-11(9-21)10(3)4/h10-11H,5-9,15H2,1-4H3,(H,16,17,18,19). The van der Waals surface area contributed by atoms with Gasteiger partial charge in [0.1, 0.15) is 0 Å². The number of hydrogen-bond acceptors (Lipinski definition) is 7. The molecule has 0 aromatic carbocycles. The van der Waals surface area contributed by atoms with E-state index in [1.54, 1.807) is 0 Å². The van der Waals surface area contributed by atoms with E-state index in [1.807, 2.05) is 0 Å². The molecule has 1 aliphatic rings. The summed E-state index contributed by atoms with van der Waals surface area (Å²) >= 11 is 0. The Bertz CT molecular complexity index is 459. The third-order valence-electron chi connectivity index (χ3n) is 4.24. The molecular weight excluding hydrogens is 266 g/mol. The molecule has 2 rings (SSSR count). The molecule has 1 aromatic rings. The first-order valence-corrected chi connectivity index (χ1v) is 7.81. The minimum absolute atomic E-state index is 0.426. The number of aromatic nitrogens is 3. The van der Waals surface area contributed by atoms with Crippen LogP contribution in [0.3, 0.4) is 0 Å². The van der Waals surface area contributed by atoms with Crippen LogP contribution in [0.2, 0.25) is 0 Å². The molecule has 1 saturated heterocycles. The molecule has 1 aromatic heterocycles. The van der Waals surface area contributed by atoms with E-state index < -0.39 is 0 Å². The van der Waals surface area contributed by atoms with Gasteiger partial charge >= 0.3 is 0 Å². The molecule has 0 amide bonds. The maximum Gasteiger partial charge on any atom is 0.243 e. The first-order chi connectivity index (χ1) is 10.1. The van der Waals surface area contributed by atoms with Crippen molar-refractivity contribution in [2.24, 2.45) is 17.7 Å². The van der Waals surface area contributed by atoms with Gasteiger partial charge in [0.2, 0.25) is 17.8 Å². The second kappa shape index (κ2) is 6.89. The van der Waals surface area contributed by atoms with Crippen LogP contribution in [0.15, 0.2) is 0 Å². The normalized spacial score (nSPS) is 18.4. The number of rotatable bonds is 6. The zero-order valence-corrected chi connectivity index (χ0v) is 13.5. The molecule has 2 heterocycles. The zero-order chi connectivity index (χ0) is 15.4. The lowest BCUT2D eigenvalue weighted by Gasteiger charge is -2.22. The van der Waals surface area contributed by atoms with Crippen LogP contribution in [0, 0.1) is 11.8 Å². The lowest BCUT2D eigenvalue weighted by molar-refractivity contribution is 0.422. The van der Waals surface area contributed by atoms with E-state index in [0.29, 0.717) is 23.7 Å². The predicted octanol–water partition coefficient (Wildman–Crippen LogP) is 1.49. The molecule has 1 atom stereocenters. The van der Waals surface area contributed by atoms with Gasteiger partial charge in [-0.25, -0.2) is 5.84 Å². The minimum Gasteiger partial charge on any atom is -0.341 e. The van der Waals surface area contributed by atoms with E-state index in [0.717, 1.165) is 32.1 Å². The SMILES string of the molecule is CCN(CC)c1nc(NN)nc(N2CCC(C(C)C)C2)n1. The first kappa shape index (κ1) is 15.8. The van der Waals surface area contributed by atoms with Gasteiger partial charge in [-0.05, 0) is 32.1 Å². The number of nitrogens with one attached hydrogen (secondary N) is 1. The van der Waals surface area contributed by atoms with Crippen LogP contribution in [-0.4, -0.2) is 41.1 Å². The maximum atomic E-state index is 5.51. The Morgan fingerprint density at radius 2 is 2.00 bits per heavy atom.